The van der Waals surface area contributed by atoms with Crippen LogP contribution in [-0.2, 0) is 14.0 Å². The third-order valence-corrected chi connectivity index (χ3v) is 5.41. The first-order valence-corrected chi connectivity index (χ1v) is 11.1. The Kier molecular flexibility index (Phi) is 7.03. The van der Waals surface area contributed by atoms with E-state index in [1.165, 1.54) is 0 Å². The molecule has 0 radical (unpaired) electrons. The molecule has 2 aliphatic rings. The number of rotatable bonds is 4. The number of amides is 1. The summed E-state index contributed by atoms with van der Waals surface area (Å²) in [4.78, 5) is 14.4. The number of hydrogen-bond donors (Lipinski definition) is 0. The summed E-state index contributed by atoms with van der Waals surface area (Å²) in [5, 5.41) is 0. The van der Waals surface area contributed by atoms with Gasteiger partial charge in [-0.05, 0) is 84.8 Å². The largest absolute Gasteiger partial charge is 0.494 e. The van der Waals surface area contributed by atoms with E-state index in [4.69, 9.17) is 18.8 Å². The number of piperidine rings is 1. The minimum absolute atomic E-state index is 0.0277. The highest BCUT2D eigenvalue weighted by Crippen LogP contribution is 2.26. The van der Waals surface area contributed by atoms with Gasteiger partial charge in [-0.2, -0.15) is 0 Å². The maximum atomic E-state index is 12.6. The average molecular weight is 417 g/mol. The van der Waals surface area contributed by atoms with Gasteiger partial charge >= 0.3 is 13.2 Å². The molecule has 0 N–H and O–H groups in total. The summed E-state index contributed by atoms with van der Waals surface area (Å²) in [6, 6.07) is 7.88. The number of carbonyl (C=O) groups is 1. The molecule has 2 saturated heterocycles. The molecule has 1 amide bonds. The molecule has 1 aromatic rings. The van der Waals surface area contributed by atoms with Crippen LogP contribution < -0.4 is 10.2 Å². The Bertz CT molecular complexity index is 715. The fraction of sp³-hybridized carbons (Fsp3) is 0.696. The minimum Gasteiger partial charge on any atom is -0.491 e. The normalized spacial score (nSPS) is 24.5. The van der Waals surface area contributed by atoms with Gasteiger partial charge in [-0.3, -0.25) is 0 Å². The average Bonchev–Trinajstić information content (AvgIpc) is 2.64. The predicted octanol–water partition coefficient (Wildman–Crippen LogP) is 4.15. The Balaban J connectivity index is 1.58. The van der Waals surface area contributed by atoms with Crippen LogP contribution in [-0.4, -0.2) is 54.6 Å². The summed E-state index contributed by atoms with van der Waals surface area (Å²) < 4.78 is 23.6. The van der Waals surface area contributed by atoms with Crippen molar-refractivity contribution in [1.82, 2.24) is 4.90 Å². The molecule has 2 heterocycles. The highest BCUT2D eigenvalue weighted by molar-refractivity contribution is 6.61. The number of nitrogens with zero attached hydrogens (tertiary/aromatic N) is 1. The summed E-state index contributed by atoms with van der Waals surface area (Å²) in [6.07, 6.45) is 3.79. The van der Waals surface area contributed by atoms with Crippen molar-refractivity contribution in [3.63, 3.8) is 0 Å². The van der Waals surface area contributed by atoms with Crippen LogP contribution in [0, 0.1) is 0 Å². The van der Waals surface area contributed by atoms with Gasteiger partial charge in [-0.15, -0.1) is 0 Å². The van der Waals surface area contributed by atoms with Crippen molar-refractivity contribution in [3.8, 4) is 5.75 Å². The second kappa shape index (κ2) is 9.19. The lowest BCUT2D eigenvalue weighted by Crippen LogP contribution is -2.51. The molecule has 2 aliphatic heterocycles. The molecule has 2 atom stereocenters. The summed E-state index contributed by atoms with van der Waals surface area (Å²) in [5.41, 5.74) is 0.282. The lowest BCUT2D eigenvalue weighted by molar-refractivity contribution is -0.0230. The molecule has 2 fully saturated rings. The van der Waals surface area contributed by atoms with Crippen LogP contribution in [0.4, 0.5) is 4.79 Å². The van der Waals surface area contributed by atoms with Gasteiger partial charge in [0.15, 0.2) is 0 Å². The molecule has 166 valence electrons. The van der Waals surface area contributed by atoms with Gasteiger partial charge in [0.2, 0.25) is 0 Å². The van der Waals surface area contributed by atoms with Crippen LogP contribution in [0.5, 0.6) is 5.75 Å². The first kappa shape index (κ1) is 22.9. The van der Waals surface area contributed by atoms with Crippen LogP contribution in [0.2, 0.25) is 0 Å². The second-order valence-electron chi connectivity index (χ2n) is 10.1. The Morgan fingerprint density at radius 1 is 1.23 bits per heavy atom. The summed E-state index contributed by atoms with van der Waals surface area (Å²) in [7, 11) is -0.362. The van der Waals surface area contributed by atoms with Crippen LogP contribution in [0.3, 0.4) is 0 Å². The lowest BCUT2D eigenvalue weighted by atomic mass is 9.75. The van der Waals surface area contributed by atoms with E-state index in [0.29, 0.717) is 13.2 Å². The second-order valence-corrected chi connectivity index (χ2v) is 10.1. The van der Waals surface area contributed by atoms with Crippen molar-refractivity contribution in [2.45, 2.75) is 90.6 Å². The van der Waals surface area contributed by atoms with Gasteiger partial charge in [0.25, 0.3) is 0 Å². The molecular weight excluding hydrogens is 381 g/mol. The first-order chi connectivity index (χ1) is 14.0. The zero-order valence-corrected chi connectivity index (χ0v) is 19.3. The maximum Gasteiger partial charge on any atom is 0.494 e. The van der Waals surface area contributed by atoms with E-state index in [2.05, 4.69) is 20.8 Å². The molecule has 7 heteroatoms. The van der Waals surface area contributed by atoms with Crippen molar-refractivity contribution in [1.29, 1.82) is 0 Å². The van der Waals surface area contributed by atoms with E-state index in [1.807, 2.05) is 49.9 Å². The number of carbonyl (C=O) groups excluding carboxylic acids is 1. The molecule has 3 rings (SSSR count). The number of likely N-dealkylation sites (tertiary alicyclic amines) is 1. The Hall–Kier alpha value is -1.73. The van der Waals surface area contributed by atoms with E-state index < -0.39 is 5.60 Å². The van der Waals surface area contributed by atoms with E-state index in [0.717, 1.165) is 36.9 Å². The third kappa shape index (κ3) is 6.38. The van der Waals surface area contributed by atoms with Crippen molar-refractivity contribution in [2.75, 3.05) is 13.2 Å². The molecule has 0 aliphatic carbocycles. The van der Waals surface area contributed by atoms with E-state index in [9.17, 15) is 4.79 Å². The van der Waals surface area contributed by atoms with Crippen molar-refractivity contribution < 1.29 is 23.6 Å². The van der Waals surface area contributed by atoms with Gasteiger partial charge in [0.1, 0.15) is 18.0 Å². The van der Waals surface area contributed by atoms with Crippen LogP contribution in [0.1, 0.15) is 67.2 Å². The van der Waals surface area contributed by atoms with E-state index in [-0.39, 0.29) is 31.0 Å². The van der Waals surface area contributed by atoms with Gasteiger partial charge in [-0.25, -0.2) is 4.79 Å². The van der Waals surface area contributed by atoms with E-state index >= 15 is 0 Å². The van der Waals surface area contributed by atoms with Crippen LogP contribution in [0.25, 0.3) is 0 Å². The Labute approximate surface area is 181 Å². The summed E-state index contributed by atoms with van der Waals surface area (Å²) in [5.74, 6) is 0.775. The van der Waals surface area contributed by atoms with Gasteiger partial charge in [-0.1, -0.05) is 12.1 Å². The Morgan fingerprint density at radius 2 is 1.93 bits per heavy atom. The standard InChI is InChI=1S/C23H36BNO5/c1-17-15-23(5,6)30-24(29-17)18-10-12-20(13-11-18)27-16-19-9-7-8-14-25(19)21(26)28-22(2,3)4/h10-13,17,19H,7-9,14-16H2,1-6H3. The maximum absolute atomic E-state index is 12.6. The van der Waals surface area contributed by atoms with Gasteiger partial charge in [0, 0.05) is 12.6 Å². The zero-order valence-electron chi connectivity index (χ0n) is 19.3. The topological polar surface area (TPSA) is 57.2 Å². The molecule has 0 bridgehead atoms. The SMILES string of the molecule is CC1CC(C)(C)OB(c2ccc(OCC3CCCCN3C(=O)OC(C)(C)C)cc2)O1. The zero-order chi connectivity index (χ0) is 21.9. The van der Waals surface area contributed by atoms with Gasteiger partial charge in [0.05, 0.1) is 11.6 Å². The fourth-order valence-electron chi connectivity index (χ4n) is 4.11. The monoisotopic (exact) mass is 417 g/mol. The lowest BCUT2D eigenvalue weighted by Gasteiger charge is -2.38. The Morgan fingerprint density at radius 3 is 2.57 bits per heavy atom. The first-order valence-electron chi connectivity index (χ1n) is 11.1. The minimum atomic E-state index is -0.495. The van der Waals surface area contributed by atoms with E-state index in [1.54, 1.807) is 0 Å². The van der Waals surface area contributed by atoms with Crippen molar-refractivity contribution >= 4 is 18.7 Å². The molecular formula is C23H36BNO5. The number of ether oxygens (including phenoxy) is 2. The molecule has 1 aromatic carbocycles. The van der Waals surface area contributed by atoms with Crippen LogP contribution >= 0.6 is 0 Å². The van der Waals surface area contributed by atoms with Crippen molar-refractivity contribution in [3.05, 3.63) is 24.3 Å². The molecule has 6 nitrogen and oxygen atoms in total. The molecule has 0 saturated carbocycles. The van der Waals surface area contributed by atoms with Gasteiger partial charge < -0.3 is 23.7 Å². The third-order valence-electron chi connectivity index (χ3n) is 5.41. The number of benzene rings is 1. The predicted molar refractivity (Wildman–Crippen MR) is 118 cm³/mol. The molecule has 0 aromatic heterocycles. The van der Waals surface area contributed by atoms with Crippen molar-refractivity contribution in [2.24, 2.45) is 0 Å². The highest BCUT2D eigenvalue weighted by Gasteiger charge is 2.38. The smallest absolute Gasteiger partial charge is 0.491 e. The molecule has 30 heavy (non-hydrogen) atoms. The fourth-order valence-corrected chi connectivity index (χ4v) is 4.11. The highest BCUT2D eigenvalue weighted by atomic mass is 16.6. The molecule has 2 unspecified atom stereocenters. The summed E-state index contributed by atoms with van der Waals surface area (Å²) in [6.45, 7) is 13.1. The molecule has 0 spiro atoms. The quantitative estimate of drug-likeness (QED) is 0.689. The van der Waals surface area contributed by atoms with Crippen LogP contribution in [0.15, 0.2) is 24.3 Å². The number of hydrogen-bond acceptors (Lipinski definition) is 5. The summed E-state index contributed by atoms with van der Waals surface area (Å²) >= 11 is 0.